The summed E-state index contributed by atoms with van der Waals surface area (Å²) in [6.45, 7) is 10.0. The molecular weight excluding hydrogens is 380 g/mol. The van der Waals surface area contributed by atoms with Gasteiger partial charge < -0.3 is 15.0 Å². The van der Waals surface area contributed by atoms with Crippen LogP contribution in [0.2, 0.25) is 0 Å². The van der Waals surface area contributed by atoms with Crippen molar-refractivity contribution in [1.29, 1.82) is 0 Å². The Hall–Kier alpha value is -1.89. The molecule has 2 amide bonds. The molecule has 0 aromatic carbocycles. The first-order chi connectivity index (χ1) is 14.5. The van der Waals surface area contributed by atoms with Gasteiger partial charge in [-0.1, -0.05) is 13.8 Å². The number of hydrogen-bond acceptors (Lipinski definition) is 4. The number of likely N-dealkylation sites (tertiary alicyclic amines) is 1. The van der Waals surface area contributed by atoms with Gasteiger partial charge in [-0.3, -0.25) is 14.3 Å². The lowest BCUT2D eigenvalue weighted by atomic mass is 9.92. The summed E-state index contributed by atoms with van der Waals surface area (Å²) >= 11 is 0. The van der Waals surface area contributed by atoms with Gasteiger partial charge in [-0.2, -0.15) is 5.10 Å². The number of hydrogen-bond donors (Lipinski definition) is 1. The van der Waals surface area contributed by atoms with E-state index in [1.54, 1.807) is 0 Å². The van der Waals surface area contributed by atoms with Gasteiger partial charge in [0.05, 0.1) is 11.8 Å². The molecule has 7 nitrogen and oxygen atoms in total. The van der Waals surface area contributed by atoms with Crippen LogP contribution in [-0.2, 0) is 22.5 Å². The van der Waals surface area contributed by atoms with Crippen molar-refractivity contribution in [3.63, 3.8) is 0 Å². The third kappa shape index (κ3) is 6.30. The zero-order valence-corrected chi connectivity index (χ0v) is 18.9. The number of carbonyl (C=O) groups excluding carboxylic acids is 2. The van der Waals surface area contributed by atoms with Crippen molar-refractivity contribution >= 4 is 11.8 Å². The Morgan fingerprint density at radius 1 is 1.27 bits per heavy atom. The fourth-order valence-corrected chi connectivity index (χ4v) is 4.44. The SMILES string of the molecule is CCn1nc(CC(C)C)cc1C(=O)N1CCC(CCC(=O)NC[C@H]2CCCO2)CC1. The second-order valence-corrected chi connectivity index (χ2v) is 9.15. The molecule has 3 heterocycles. The van der Waals surface area contributed by atoms with Gasteiger partial charge in [0.2, 0.25) is 5.91 Å². The maximum absolute atomic E-state index is 13.1. The lowest BCUT2D eigenvalue weighted by molar-refractivity contribution is -0.122. The van der Waals surface area contributed by atoms with Crippen LogP contribution in [0.5, 0.6) is 0 Å². The quantitative estimate of drug-likeness (QED) is 0.669. The number of nitrogens with one attached hydrogen (secondary N) is 1. The normalized spacial score (nSPS) is 20.1. The highest BCUT2D eigenvalue weighted by Crippen LogP contribution is 2.23. The second kappa shape index (κ2) is 10.9. The van der Waals surface area contributed by atoms with E-state index in [-0.39, 0.29) is 17.9 Å². The minimum absolute atomic E-state index is 0.0899. The molecule has 1 N–H and O–H groups in total. The number of aryl methyl sites for hydroxylation is 1. The van der Waals surface area contributed by atoms with Gasteiger partial charge in [-0.05, 0) is 63.4 Å². The van der Waals surface area contributed by atoms with Crippen molar-refractivity contribution in [3.8, 4) is 0 Å². The minimum atomic E-state index is 0.0899. The largest absolute Gasteiger partial charge is 0.376 e. The molecule has 1 atom stereocenters. The summed E-state index contributed by atoms with van der Waals surface area (Å²) in [4.78, 5) is 27.1. The van der Waals surface area contributed by atoms with E-state index < -0.39 is 0 Å². The number of ether oxygens (including phenoxy) is 1. The molecule has 168 valence electrons. The monoisotopic (exact) mass is 418 g/mol. The topological polar surface area (TPSA) is 76.5 Å². The maximum Gasteiger partial charge on any atom is 0.272 e. The third-order valence-electron chi connectivity index (χ3n) is 6.20. The fourth-order valence-electron chi connectivity index (χ4n) is 4.44. The molecule has 1 aromatic rings. The average Bonchev–Trinajstić information content (AvgIpc) is 3.39. The van der Waals surface area contributed by atoms with Crippen molar-refractivity contribution in [3.05, 3.63) is 17.5 Å². The third-order valence-corrected chi connectivity index (χ3v) is 6.20. The predicted molar refractivity (Wildman–Crippen MR) is 116 cm³/mol. The number of amides is 2. The first-order valence-electron chi connectivity index (χ1n) is 11.7. The molecule has 0 spiro atoms. The number of aromatic nitrogens is 2. The van der Waals surface area contributed by atoms with Crippen molar-refractivity contribution in [1.82, 2.24) is 20.0 Å². The Labute approximate surface area is 180 Å². The summed E-state index contributed by atoms with van der Waals surface area (Å²) in [5.41, 5.74) is 1.71. The van der Waals surface area contributed by atoms with E-state index in [0.717, 1.165) is 63.9 Å². The van der Waals surface area contributed by atoms with Crippen LogP contribution in [0.15, 0.2) is 6.07 Å². The molecule has 2 aliphatic heterocycles. The van der Waals surface area contributed by atoms with Crippen LogP contribution in [-0.4, -0.2) is 58.8 Å². The van der Waals surface area contributed by atoms with E-state index in [9.17, 15) is 9.59 Å². The Balaban J connectivity index is 1.42. The van der Waals surface area contributed by atoms with E-state index in [4.69, 9.17) is 4.74 Å². The van der Waals surface area contributed by atoms with Gasteiger partial charge in [0.1, 0.15) is 5.69 Å². The van der Waals surface area contributed by atoms with Gasteiger partial charge in [-0.15, -0.1) is 0 Å². The van der Waals surface area contributed by atoms with Crippen molar-refractivity contribution in [2.24, 2.45) is 11.8 Å². The smallest absolute Gasteiger partial charge is 0.272 e. The molecule has 2 fully saturated rings. The van der Waals surface area contributed by atoms with E-state index in [1.807, 2.05) is 22.6 Å². The highest BCUT2D eigenvalue weighted by Gasteiger charge is 2.26. The molecule has 1 aromatic heterocycles. The summed E-state index contributed by atoms with van der Waals surface area (Å²) in [5.74, 6) is 1.24. The van der Waals surface area contributed by atoms with Gasteiger partial charge in [0.25, 0.3) is 5.91 Å². The fraction of sp³-hybridized carbons (Fsp3) is 0.783. The highest BCUT2D eigenvalue weighted by molar-refractivity contribution is 5.92. The zero-order chi connectivity index (χ0) is 21.5. The Bertz CT molecular complexity index is 701. The summed E-state index contributed by atoms with van der Waals surface area (Å²) in [6.07, 6.45) is 6.61. The summed E-state index contributed by atoms with van der Waals surface area (Å²) in [7, 11) is 0. The number of rotatable bonds is 9. The standard InChI is InChI=1S/C23H38N4O3/c1-4-27-21(15-19(25-27)14-17(2)3)23(29)26-11-9-18(10-12-26)7-8-22(28)24-16-20-6-5-13-30-20/h15,17-18,20H,4-14,16H2,1-3H3,(H,24,28)/t20-/m1/s1. The number of carbonyl (C=O) groups is 2. The van der Waals surface area contributed by atoms with Crippen molar-refractivity contribution < 1.29 is 14.3 Å². The lowest BCUT2D eigenvalue weighted by Gasteiger charge is -2.32. The number of nitrogens with zero attached hydrogens (tertiary/aromatic N) is 3. The Kier molecular flexibility index (Phi) is 8.31. The van der Waals surface area contributed by atoms with Crippen molar-refractivity contribution in [2.75, 3.05) is 26.2 Å². The first-order valence-corrected chi connectivity index (χ1v) is 11.7. The number of piperidine rings is 1. The molecule has 0 saturated carbocycles. The van der Waals surface area contributed by atoms with Gasteiger partial charge in [0.15, 0.2) is 0 Å². The second-order valence-electron chi connectivity index (χ2n) is 9.15. The van der Waals surface area contributed by atoms with Gasteiger partial charge in [0, 0.05) is 39.2 Å². The van der Waals surface area contributed by atoms with Crippen LogP contribution in [0, 0.1) is 11.8 Å². The Morgan fingerprint density at radius 2 is 2.03 bits per heavy atom. The highest BCUT2D eigenvalue weighted by atomic mass is 16.5. The van der Waals surface area contributed by atoms with Crippen LogP contribution in [0.1, 0.15) is 75.5 Å². The predicted octanol–water partition coefficient (Wildman–Crippen LogP) is 3.03. The molecule has 3 rings (SSSR count). The van der Waals surface area contributed by atoms with E-state index in [0.29, 0.717) is 37.0 Å². The first kappa shape index (κ1) is 22.8. The maximum atomic E-state index is 13.1. The van der Waals surface area contributed by atoms with Gasteiger partial charge in [-0.25, -0.2) is 0 Å². The summed E-state index contributed by atoms with van der Waals surface area (Å²) in [5, 5.41) is 7.61. The lowest BCUT2D eigenvalue weighted by Crippen LogP contribution is -2.39. The summed E-state index contributed by atoms with van der Waals surface area (Å²) < 4.78 is 7.38. The molecular formula is C23H38N4O3. The van der Waals surface area contributed by atoms with Crippen LogP contribution in [0.3, 0.4) is 0 Å². The zero-order valence-electron chi connectivity index (χ0n) is 18.9. The molecule has 0 unspecified atom stereocenters. The molecule has 30 heavy (non-hydrogen) atoms. The Morgan fingerprint density at radius 3 is 2.67 bits per heavy atom. The van der Waals surface area contributed by atoms with Crippen molar-refractivity contribution in [2.45, 2.75) is 78.4 Å². The molecule has 2 aliphatic rings. The molecule has 0 bridgehead atoms. The molecule has 0 aliphatic carbocycles. The van der Waals surface area contributed by atoms with E-state index in [2.05, 4.69) is 24.3 Å². The molecule has 7 heteroatoms. The minimum Gasteiger partial charge on any atom is -0.376 e. The average molecular weight is 419 g/mol. The molecule has 0 radical (unpaired) electrons. The van der Waals surface area contributed by atoms with Crippen LogP contribution in [0.4, 0.5) is 0 Å². The van der Waals surface area contributed by atoms with Crippen LogP contribution >= 0.6 is 0 Å². The van der Waals surface area contributed by atoms with E-state index in [1.165, 1.54) is 0 Å². The molecule has 2 saturated heterocycles. The van der Waals surface area contributed by atoms with E-state index >= 15 is 0 Å². The van der Waals surface area contributed by atoms with Gasteiger partial charge >= 0.3 is 0 Å². The van der Waals surface area contributed by atoms with Crippen LogP contribution in [0.25, 0.3) is 0 Å². The van der Waals surface area contributed by atoms with Crippen LogP contribution < -0.4 is 5.32 Å². The summed E-state index contributed by atoms with van der Waals surface area (Å²) in [6, 6.07) is 1.97.